The highest BCUT2D eigenvalue weighted by molar-refractivity contribution is 7.25. The fourth-order valence-electron chi connectivity index (χ4n) is 11.2. The van der Waals surface area contributed by atoms with Gasteiger partial charge in [-0.3, -0.25) is 0 Å². The van der Waals surface area contributed by atoms with Crippen molar-refractivity contribution in [3.63, 3.8) is 0 Å². The second-order valence-corrected chi connectivity index (χ2v) is 20.1. The van der Waals surface area contributed by atoms with Gasteiger partial charge in [0.2, 0.25) is 0 Å². The SMILES string of the molecule is CC1(C)c2ccccc2-c2cc(N(c3cccc(-n4c5ccccc5c5ccc(-c6ccc(-c7nc(-c8ccccc8)c8ccccc8n7)cc6)cc54)c3)c3ccc4sc5ccccc5c4c3)ccc21. The molecule has 70 heavy (non-hydrogen) atoms. The monoisotopic (exact) mass is 912 g/mol. The largest absolute Gasteiger partial charge is 0.310 e. The van der Waals surface area contributed by atoms with Gasteiger partial charge in [0.15, 0.2) is 5.82 Å². The van der Waals surface area contributed by atoms with E-state index in [2.05, 4.69) is 242 Å². The average molecular weight is 913 g/mol. The van der Waals surface area contributed by atoms with E-state index >= 15 is 0 Å². The Balaban J connectivity index is 0.900. The minimum atomic E-state index is -0.0840. The molecule has 0 saturated heterocycles. The molecule has 10 aromatic carbocycles. The molecule has 0 spiro atoms. The number of rotatable bonds is 7. The maximum atomic E-state index is 5.15. The van der Waals surface area contributed by atoms with Crippen molar-refractivity contribution < 1.29 is 0 Å². The lowest BCUT2D eigenvalue weighted by Gasteiger charge is -2.28. The summed E-state index contributed by atoms with van der Waals surface area (Å²) in [5.41, 5.74) is 18.2. The minimum Gasteiger partial charge on any atom is -0.310 e. The molecule has 0 radical (unpaired) electrons. The van der Waals surface area contributed by atoms with Gasteiger partial charge in [0, 0.05) is 75.6 Å². The Kier molecular flexibility index (Phi) is 9.07. The van der Waals surface area contributed by atoms with Crippen molar-refractivity contribution >= 4 is 81.3 Å². The second kappa shape index (κ2) is 15.7. The number of anilines is 3. The number of hydrogen-bond acceptors (Lipinski definition) is 4. The number of benzene rings is 10. The van der Waals surface area contributed by atoms with Gasteiger partial charge in [0.1, 0.15) is 0 Å². The van der Waals surface area contributed by atoms with E-state index in [1.165, 1.54) is 58.7 Å². The standard InChI is InChI=1S/C65H44N4S/c1-65(2)56-23-10-6-19-49(56)54-39-47(32-35-57(54)65)68(48-33-36-62-55(40-48)52-21-9-13-26-61(52)70-62)45-17-14-18-46(38-45)69-59-25-12-8-20-50(59)51-34-31-44(37-60(51)69)41-27-29-43(30-28-41)64-66-58-24-11-7-22-53(58)63(67-64)42-15-4-3-5-16-42/h3-40H,1-2H3. The summed E-state index contributed by atoms with van der Waals surface area (Å²) in [7, 11) is 0. The van der Waals surface area contributed by atoms with E-state index in [0.717, 1.165) is 67.1 Å². The Bertz CT molecular complexity index is 4220. The van der Waals surface area contributed by atoms with Crippen LogP contribution in [-0.4, -0.2) is 14.5 Å². The molecular formula is C65H44N4S. The van der Waals surface area contributed by atoms with E-state index < -0.39 is 0 Å². The van der Waals surface area contributed by atoms with E-state index in [4.69, 9.17) is 9.97 Å². The average Bonchev–Trinajstić information content (AvgIpc) is 4.03. The van der Waals surface area contributed by atoms with E-state index in [1.54, 1.807) is 0 Å². The molecule has 3 aromatic heterocycles. The van der Waals surface area contributed by atoms with Gasteiger partial charge in [-0.1, -0.05) is 172 Å². The molecule has 0 aliphatic heterocycles. The lowest BCUT2D eigenvalue weighted by Crippen LogP contribution is -2.15. The van der Waals surface area contributed by atoms with Gasteiger partial charge in [0.25, 0.3) is 0 Å². The topological polar surface area (TPSA) is 34.0 Å². The summed E-state index contributed by atoms with van der Waals surface area (Å²) in [6.45, 7) is 4.70. The molecule has 4 nitrogen and oxygen atoms in total. The number of hydrogen-bond donors (Lipinski definition) is 0. The third-order valence-corrected chi connectivity index (χ3v) is 15.7. The van der Waals surface area contributed by atoms with E-state index in [0.29, 0.717) is 5.82 Å². The second-order valence-electron chi connectivity index (χ2n) is 19.0. The quantitative estimate of drug-likeness (QED) is 0.160. The first kappa shape index (κ1) is 40.4. The van der Waals surface area contributed by atoms with Crippen LogP contribution in [0, 0.1) is 0 Å². The zero-order valence-corrected chi connectivity index (χ0v) is 39.5. The molecule has 0 bridgehead atoms. The van der Waals surface area contributed by atoms with Crippen molar-refractivity contribution in [3.8, 4) is 50.6 Å². The van der Waals surface area contributed by atoms with Crippen LogP contribution in [0.25, 0.3) is 103 Å². The summed E-state index contributed by atoms with van der Waals surface area (Å²) in [6.07, 6.45) is 0. The molecule has 13 aromatic rings. The number of fused-ring (bicyclic) bond motifs is 10. The van der Waals surface area contributed by atoms with E-state index in [1.807, 2.05) is 23.5 Å². The summed E-state index contributed by atoms with van der Waals surface area (Å²) in [5.74, 6) is 0.714. The Labute approximate surface area is 410 Å². The van der Waals surface area contributed by atoms with Crippen LogP contribution < -0.4 is 4.90 Å². The lowest BCUT2D eigenvalue weighted by molar-refractivity contribution is 0.660. The van der Waals surface area contributed by atoms with Gasteiger partial charge in [-0.05, 0) is 106 Å². The molecule has 330 valence electrons. The van der Waals surface area contributed by atoms with Crippen LogP contribution in [-0.2, 0) is 5.41 Å². The third kappa shape index (κ3) is 6.36. The lowest BCUT2D eigenvalue weighted by atomic mass is 9.82. The fourth-order valence-corrected chi connectivity index (χ4v) is 12.3. The molecule has 0 unspecified atom stereocenters. The van der Waals surface area contributed by atoms with Crippen molar-refractivity contribution in [3.05, 3.63) is 242 Å². The first-order valence-electron chi connectivity index (χ1n) is 24.0. The van der Waals surface area contributed by atoms with Gasteiger partial charge in [-0.15, -0.1) is 11.3 Å². The summed E-state index contributed by atoms with van der Waals surface area (Å²) < 4.78 is 5.03. The predicted octanol–water partition coefficient (Wildman–Crippen LogP) is 17.9. The molecule has 14 rings (SSSR count). The van der Waals surface area contributed by atoms with Gasteiger partial charge < -0.3 is 9.47 Å². The predicted molar refractivity (Wildman–Crippen MR) is 295 cm³/mol. The zero-order chi connectivity index (χ0) is 46.5. The van der Waals surface area contributed by atoms with Crippen molar-refractivity contribution in [1.82, 2.24) is 14.5 Å². The molecule has 1 aliphatic carbocycles. The van der Waals surface area contributed by atoms with Gasteiger partial charge in [-0.25, -0.2) is 9.97 Å². The number of nitrogens with zero attached hydrogens (tertiary/aromatic N) is 4. The molecule has 3 heterocycles. The molecule has 0 fully saturated rings. The summed E-state index contributed by atoms with van der Waals surface area (Å²) in [4.78, 5) is 12.6. The molecule has 0 N–H and O–H groups in total. The van der Waals surface area contributed by atoms with Gasteiger partial charge in [-0.2, -0.15) is 0 Å². The fraction of sp³-hybridized carbons (Fsp3) is 0.0462. The highest BCUT2D eigenvalue weighted by atomic mass is 32.1. The van der Waals surface area contributed by atoms with E-state index in [9.17, 15) is 0 Å². The summed E-state index contributed by atoms with van der Waals surface area (Å²) >= 11 is 1.86. The van der Waals surface area contributed by atoms with E-state index in [-0.39, 0.29) is 5.41 Å². The highest BCUT2D eigenvalue weighted by Crippen LogP contribution is 2.51. The van der Waals surface area contributed by atoms with Crippen LogP contribution in [0.4, 0.5) is 17.1 Å². The Hall–Kier alpha value is -8.64. The molecule has 1 aliphatic rings. The smallest absolute Gasteiger partial charge is 0.160 e. The Morgan fingerprint density at radius 1 is 0.400 bits per heavy atom. The van der Waals surface area contributed by atoms with Crippen LogP contribution in [0.3, 0.4) is 0 Å². The first-order valence-corrected chi connectivity index (χ1v) is 24.8. The van der Waals surface area contributed by atoms with Crippen molar-refractivity contribution in [2.75, 3.05) is 4.90 Å². The number of thiophene rings is 1. The first-order chi connectivity index (χ1) is 34.4. The molecular weight excluding hydrogens is 869 g/mol. The van der Waals surface area contributed by atoms with Gasteiger partial charge in [0.05, 0.1) is 22.2 Å². The maximum absolute atomic E-state index is 5.15. The van der Waals surface area contributed by atoms with Gasteiger partial charge >= 0.3 is 0 Å². The molecule has 5 heteroatoms. The van der Waals surface area contributed by atoms with Crippen molar-refractivity contribution in [2.45, 2.75) is 19.3 Å². The van der Waals surface area contributed by atoms with Crippen molar-refractivity contribution in [2.24, 2.45) is 0 Å². The molecule has 0 atom stereocenters. The normalized spacial score (nSPS) is 12.8. The highest BCUT2D eigenvalue weighted by Gasteiger charge is 2.35. The van der Waals surface area contributed by atoms with Crippen LogP contribution in [0.5, 0.6) is 0 Å². The third-order valence-electron chi connectivity index (χ3n) is 14.6. The van der Waals surface area contributed by atoms with Crippen molar-refractivity contribution in [1.29, 1.82) is 0 Å². The van der Waals surface area contributed by atoms with Crippen LogP contribution >= 0.6 is 11.3 Å². The zero-order valence-electron chi connectivity index (χ0n) is 38.6. The Morgan fingerprint density at radius 2 is 1.06 bits per heavy atom. The van der Waals surface area contributed by atoms with Crippen LogP contribution in [0.2, 0.25) is 0 Å². The molecule has 0 saturated carbocycles. The Morgan fingerprint density at radius 3 is 1.94 bits per heavy atom. The minimum absolute atomic E-state index is 0.0840. The van der Waals surface area contributed by atoms with Crippen LogP contribution in [0.1, 0.15) is 25.0 Å². The molecule has 0 amide bonds. The number of aromatic nitrogens is 3. The summed E-state index contributed by atoms with van der Waals surface area (Å²) in [6, 6.07) is 83.9. The van der Waals surface area contributed by atoms with Crippen LogP contribution in [0.15, 0.2) is 231 Å². The maximum Gasteiger partial charge on any atom is 0.160 e. The number of para-hydroxylation sites is 2. The summed E-state index contributed by atoms with van der Waals surface area (Å²) in [5, 5.41) is 6.04.